The van der Waals surface area contributed by atoms with Crippen LogP contribution in [0.5, 0.6) is 11.5 Å². The molecule has 0 aliphatic carbocycles. The number of thioether (sulfide) groups is 1. The molecule has 134 valence electrons. The normalized spacial score (nSPS) is 10.6. The topological polar surface area (TPSA) is 66.2 Å². The molecule has 0 atom stereocenters. The maximum absolute atomic E-state index is 12.6. The molecule has 0 aliphatic rings. The highest BCUT2D eigenvalue weighted by molar-refractivity contribution is 7.99. The fourth-order valence-electron chi connectivity index (χ4n) is 2.52. The molecule has 0 unspecified atom stereocenters. The molecule has 0 saturated heterocycles. The molecule has 3 rings (SSSR count). The van der Waals surface area contributed by atoms with E-state index in [1.807, 2.05) is 41.9 Å². The third kappa shape index (κ3) is 3.72. The van der Waals surface area contributed by atoms with Gasteiger partial charge in [0.05, 0.1) is 25.5 Å². The summed E-state index contributed by atoms with van der Waals surface area (Å²) in [6.45, 7) is 0. The van der Waals surface area contributed by atoms with Gasteiger partial charge in [-0.1, -0.05) is 42.1 Å². The van der Waals surface area contributed by atoms with Crippen molar-refractivity contribution >= 4 is 17.5 Å². The second-order valence-electron chi connectivity index (χ2n) is 5.51. The second kappa shape index (κ2) is 8.05. The zero-order valence-corrected chi connectivity index (χ0v) is 15.6. The molecule has 0 amide bonds. The number of hydrogen-bond acceptors (Lipinski definition) is 6. The molecule has 0 radical (unpaired) electrons. The Morgan fingerprint density at radius 1 is 1.08 bits per heavy atom. The van der Waals surface area contributed by atoms with Crippen LogP contribution in [0.3, 0.4) is 0 Å². The molecule has 0 fully saturated rings. The molecule has 0 spiro atoms. The number of carbonyl (C=O) groups excluding carboxylic acids is 1. The van der Waals surface area contributed by atoms with Crippen LogP contribution in [0.2, 0.25) is 0 Å². The lowest BCUT2D eigenvalue weighted by Gasteiger charge is -2.09. The first-order valence-corrected chi connectivity index (χ1v) is 8.95. The smallest absolute Gasteiger partial charge is 0.191 e. The molecule has 26 heavy (non-hydrogen) atoms. The van der Waals surface area contributed by atoms with Crippen molar-refractivity contribution in [1.82, 2.24) is 14.8 Å². The Morgan fingerprint density at radius 2 is 1.85 bits per heavy atom. The van der Waals surface area contributed by atoms with E-state index in [9.17, 15) is 4.79 Å². The standard InChI is InChI=1S/C19H19N3O3S/c1-22-18(13-7-5-4-6-8-13)20-21-19(22)26-12-16(23)15-11-14(24-2)9-10-17(15)25-3/h4-11H,12H2,1-3H3. The zero-order valence-electron chi connectivity index (χ0n) is 14.8. The zero-order chi connectivity index (χ0) is 18.5. The fraction of sp³-hybridized carbons (Fsp3) is 0.211. The maximum atomic E-state index is 12.6. The van der Waals surface area contributed by atoms with Gasteiger partial charge >= 0.3 is 0 Å². The SMILES string of the molecule is COc1ccc(OC)c(C(=O)CSc2nnc(-c3ccccc3)n2C)c1. The summed E-state index contributed by atoms with van der Waals surface area (Å²) >= 11 is 1.34. The predicted molar refractivity (Wildman–Crippen MR) is 101 cm³/mol. The van der Waals surface area contributed by atoms with Crippen molar-refractivity contribution in [3.63, 3.8) is 0 Å². The van der Waals surface area contributed by atoms with Crippen molar-refractivity contribution in [3.8, 4) is 22.9 Å². The highest BCUT2D eigenvalue weighted by Crippen LogP contribution is 2.27. The number of benzene rings is 2. The van der Waals surface area contributed by atoms with E-state index in [0.717, 1.165) is 11.4 Å². The molecule has 2 aromatic carbocycles. The van der Waals surface area contributed by atoms with Crippen LogP contribution in [0, 0.1) is 0 Å². The number of ether oxygens (including phenoxy) is 2. The quantitative estimate of drug-likeness (QED) is 0.469. The summed E-state index contributed by atoms with van der Waals surface area (Å²) in [4.78, 5) is 12.6. The first-order valence-electron chi connectivity index (χ1n) is 7.97. The van der Waals surface area contributed by atoms with Gasteiger partial charge in [0, 0.05) is 12.6 Å². The summed E-state index contributed by atoms with van der Waals surface area (Å²) in [5.41, 5.74) is 1.47. The highest BCUT2D eigenvalue weighted by atomic mass is 32.2. The highest BCUT2D eigenvalue weighted by Gasteiger charge is 2.17. The number of aromatic nitrogens is 3. The first-order chi connectivity index (χ1) is 12.6. The monoisotopic (exact) mass is 369 g/mol. The van der Waals surface area contributed by atoms with Crippen LogP contribution < -0.4 is 9.47 Å². The van der Waals surface area contributed by atoms with E-state index in [1.54, 1.807) is 32.4 Å². The lowest BCUT2D eigenvalue weighted by molar-refractivity contribution is 0.101. The van der Waals surface area contributed by atoms with E-state index in [0.29, 0.717) is 22.2 Å². The van der Waals surface area contributed by atoms with Crippen LogP contribution in [0.15, 0.2) is 53.7 Å². The summed E-state index contributed by atoms with van der Waals surface area (Å²) < 4.78 is 12.4. The van der Waals surface area contributed by atoms with Crippen molar-refractivity contribution in [1.29, 1.82) is 0 Å². The van der Waals surface area contributed by atoms with Crippen molar-refractivity contribution < 1.29 is 14.3 Å². The van der Waals surface area contributed by atoms with Crippen molar-refractivity contribution in [3.05, 3.63) is 54.1 Å². The largest absolute Gasteiger partial charge is 0.497 e. The lowest BCUT2D eigenvalue weighted by Crippen LogP contribution is -2.06. The van der Waals surface area contributed by atoms with Gasteiger partial charge in [0.25, 0.3) is 0 Å². The number of methoxy groups -OCH3 is 2. The molecular formula is C19H19N3O3S. The van der Waals surface area contributed by atoms with Crippen molar-refractivity contribution in [2.75, 3.05) is 20.0 Å². The minimum atomic E-state index is -0.0602. The number of nitrogens with zero attached hydrogens (tertiary/aromatic N) is 3. The number of carbonyl (C=O) groups is 1. The summed E-state index contributed by atoms with van der Waals surface area (Å²) in [5.74, 6) is 2.07. The van der Waals surface area contributed by atoms with E-state index in [1.165, 1.54) is 11.8 Å². The number of hydrogen-bond donors (Lipinski definition) is 0. The van der Waals surface area contributed by atoms with Crippen LogP contribution in [-0.2, 0) is 7.05 Å². The molecule has 1 aromatic heterocycles. The molecule has 0 saturated carbocycles. The molecule has 0 aliphatic heterocycles. The van der Waals surface area contributed by atoms with Crippen LogP contribution >= 0.6 is 11.8 Å². The van der Waals surface area contributed by atoms with E-state index in [-0.39, 0.29) is 11.5 Å². The minimum Gasteiger partial charge on any atom is -0.497 e. The van der Waals surface area contributed by atoms with Crippen LogP contribution in [-0.4, -0.2) is 40.5 Å². The van der Waals surface area contributed by atoms with Gasteiger partial charge in [-0.2, -0.15) is 0 Å². The van der Waals surface area contributed by atoms with Crippen molar-refractivity contribution in [2.45, 2.75) is 5.16 Å². The average Bonchev–Trinajstić information content (AvgIpc) is 3.06. The number of rotatable bonds is 7. The predicted octanol–water partition coefficient (Wildman–Crippen LogP) is 3.47. The second-order valence-corrected chi connectivity index (χ2v) is 6.45. The van der Waals surface area contributed by atoms with Crippen LogP contribution in [0.25, 0.3) is 11.4 Å². The van der Waals surface area contributed by atoms with Crippen LogP contribution in [0.1, 0.15) is 10.4 Å². The Labute approximate surface area is 156 Å². The number of Topliss-reactive ketones (excluding diaryl/α,β-unsaturated/α-hetero) is 1. The Hall–Kier alpha value is -2.80. The Morgan fingerprint density at radius 3 is 2.54 bits per heavy atom. The van der Waals surface area contributed by atoms with Gasteiger partial charge in [-0.25, -0.2) is 0 Å². The van der Waals surface area contributed by atoms with Gasteiger partial charge in [0.15, 0.2) is 16.8 Å². The van der Waals surface area contributed by atoms with Gasteiger partial charge in [-0.3, -0.25) is 4.79 Å². The van der Waals surface area contributed by atoms with Crippen molar-refractivity contribution in [2.24, 2.45) is 7.05 Å². The number of ketones is 1. The van der Waals surface area contributed by atoms with E-state index >= 15 is 0 Å². The molecule has 0 bridgehead atoms. The Balaban J connectivity index is 1.76. The summed E-state index contributed by atoms with van der Waals surface area (Å²) in [6.07, 6.45) is 0. The molecule has 1 heterocycles. The van der Waals surface area contributed by atoms with Gasteiger partial charge in [-0.15, -0.1) is 10.2 Å². The molecule has 0 N–H and O–H groups in total. The van der Waals surface area contributed by atoms with Crippen LogP contribution in [0.4, 0.5) is 0 Å². The molecule has 6 nitrogen and oxygen atoms in total. The van der Waals surface area contributed by atoms with E-state index < -0.39 is 0 Å². The molecular weight excluding hydrogens is 350 g/mol. The van der Waals surface area contributed by atoms with Gasteiger partial charge < -0.3 is 14.0 Å². The Kier molecular flexibility index (Phi) is 5.58. The van der Waals surface area contributed by atoms with E-state index in [4.69, 9.17) is 9.47 Å². The molecule has 3 aromatic rings. The lowest BCUT2D eigenvalue weighted by atomic mass is 10.1. The first kappa shape index (κ1) is 18.0. The van der Waals surface area contributed by atoms with Gasteiger partial charge in [-0.05, 0) is 18.2 Å². The maximum Gasteiger partial charge on any atom is 0.191 e. The molecule has 7 heteroatoms. The third-order valence-electron chi connectivity index (χ3n) is 3.91. The average molecular weight is 369 g/mol. The van der Waals surface area contributed by atoms with Gasteiger partial charge in [0.2, 0.25) is 0 Å². The van der Waals surface area contributed by atoms with E-state index in [2.05, 4.69) is 10.2 Å². The van der Waals surface area contributed by atoms with Gasteiger partial charge in [0.1, 0.15) is 11.5 Å². The summed E-state index contributed by atoms with van der Waals surface area (Å²) in [5, 5.41) is 9.12. The minimum absolute atomic E-state index is 0.0602. The third-order valence-corrected chi connectivity index (χ3v) is 4.93. The summed E-state index contributed by atoms with van der Waals surface area (Å²) in [6, 6.07) is 15.0. The summed E-state index contributed by atoms with van der Waals surface area (Å²) in [7, 11) is 5.00. The fourth-order valence-corrected chi connectivity index (χ4v) is 3.31. The Bertz CT molecular complexity index is 910.